The van der Waals surface area contributed by atoms with E-state index in [2.05, 4.69) is 15.6 Å². The fraction of sp³-hybridized carbons (Fsp3) is 0.143. The number of carbonyl (C=O) groups is 1. The van der Waals surface area contributed by atoms with Crippen molar-refractivity contribution >= 4 is 17.3 Å². The van der Waals surface area contributed by atoms with Crippen LogP contribution in [0.3, 0.4) is 0 Å². The Bertz CT molecular complexity index is 526. The van der Waals surface area contributed by atoms with Crippen LogP contribution in [0, 0.1) is 0 Å². The molecule has 92 valence electrons. The number of aromatic nitrogens is 1. The van der Waals surface area contributed by atoms with Crippen molar-refractivity contribution in [1.82, 2.24) is 4.98 Å². The second-order valence-corrected chi connectivity index (χ2v) is 3.77. The van der Waals surface area contributed by atoms with Crippen molar-refractivity contribution in [3.8, 4) is 0 Å². The van der Waals surface area contributed by atoms with Crippen molar-refractivity contribution in [3.05, 3.63) is 54.4 Å². The fourth-order valence-electron chi connectivity index (χ4n) is 1.64. The number of hydrogen-bond acceptors (Lipinski definition) is 3. The van der Waals surface area contributed by atoms with Gasteiger partial charge in [-0.2, -0.15) is 0 Å². The molecule has 0 aliphatic carbocycles. The van der Waals surface area contributed by atoms with Gasteiger partial charge in [-0.05, 0) is 25.1 Å². The van der Waals surface area contributed by atoms with E-state index in [0.717, 1.165) is 17.9 Å². The van der Waals surface area contributed by atoms with Gasteiger partial charge < -0.3 is 10.6 Å². The second kappa shape index (κ2) is 5.82. The van der Waals surface area contributed by atoms with Crippen molar-refractivity contribution in [1.29, 1.82) is 0 Å². The SMILES string of the molecule is CCNc1ccncc1C(=O)Nc1ccccc1. The number of para-hydroxylation sites is 1. The van der Waals surface area contributed by atoms with Crippen LogP contribution in [0.2, 0.25) is 0 Å². The Balaban J connectivity index is 2.19. The summed E-state index contributed by atoms with van der Waals surface area (Å²) in [5, 5.41) is 5.98. The van der Waals surface area contributed by atoms with Crippen LogP contribution in [0.4, 0.5) is 11.4 Å². The number of nitrogens with one attached hydrogen (secondary N) is 2. The van der Waals surface area contributed by atoms with Gasteiger partial charge in [-0.1, -0.05) is 18.2 Å². The molecule has 0 unspecified atom stereocenters. The normalized spacial score (nSPS) is 9.83. The highest BCUT2D eigenvalue weighted by Crippen LogP contribution is 2.15. The molecule has 4 nitrogen and oxygen atoms in total. The summed E-state index contributed by atoms with van der Waals surface area (Å²) in [5.74, 6) is -0.162. The van der Waals surface area contributed by atoms with E-state index in [1.165, 1.54) is 0 Å². The molecule has 0 saturated heterocycles. The van der Waals surface area contributed by atoms with Gasteiger partial charge in [-0.25, -0.2) is 0 Å². The maximum atomic E-state index is 12.1. The van der Waals surface area contributed by atoms with Gasteiger partial charge >= 0.3 is 0 Å². The number of pyridine rings is 1. The molecule has 1 heterocycles. The Hall–Kier alpha value is -2.36. The molecule has 0 saturated carbocycles. The molecule has 0 radical (unpaired) electrons. The first-order valence-electron chi connectivity index (χ1n) is 5.85. The topological polar surface area (TPSA) is 54.0 Å². The van der Waals surface area contributed by atoms with Crippen LogP contribution in [0.5, 0.6) is 0 Å². The van der Waals surface area contributed by atoms with E-state index in [9.17, 15) is 4.79 Å². The Morgan fingerprint density at radius 2 is 2.00 bits per heavy atom. The van der Waals surface area contributed by atoms with Crippen molar-refractivity contribution in [2.45, 2.75) is 6.92 Å². The van der Waals surface area contributed by atoms with Gasteiger partial charge in [0.25, 0.3) is 5.91 Å². The van der Waals surface area contributed by atoms with Crippen LogP contribution in [-0.4, -0.2) is 17.4 Å². The van der Waals surface area contributed by atoms with E-state index >= 15 is 0 Å². The molecule has 0 aliphatic rings. The summed E-state index contributed by atoms with van der Waals surface area (Å²) in [7, 11) is 0. The standard InChI is InChI=1S/C14H15N3O/c1-2-16-13-8-9-15-10-12(13)14(18)17-11-6-4-3-5-7-11/h3-10H,2H2,1H3,(H,15,16)(H,17,18). The Labute approximate surface area is 106 Å². The molecule has 18 heavy (non-hydrogen) atoms. The molecule has 2 rings (SSSR count). The van der Waals surface area contributed by atoms with E-state index in [1.807, 2.05) is 37.3 Å². The third kappa shape index (κ3) is 2.85. The molecule has 2 aromatic rings. The third-order valence-electron chi connectivity index (χ3n) is 2.46. The van der Waals surface area contributed by atoms with E-state index < -0.39 is 0 Å². The van der Waals surface area contributed by atoms with Crippen LogP contribution in [-0.2, 0) is 0 Å². The minimum atomic E-state index is -0.162. The first kappa shape index (κ1) is 12.1. The zero-order valence-electron chi connectivity index (χ0n) is 10.2. The summed E-state index contributed by atoms with van der Waals surface area (Å²) in [4.78, 5) is 16.1. The smallest absolute Gasteiger partial charge is 0.259 e. The highest BCUT2D eigenvalue weighted by Gasteiger charge is 2.10. The molecular formula is C14H15N3O. The van der Waals surface area contributed by atoms with Crippen molar-refractivity contribution in [2.24, 2.45) is 0 Å². The van der Waals surface area contributed by atoms with Crippen LogP contribution >= 0.6 is 0 Å². The number of anilines is 2. The van der Waals surface area contributed by atoms with Crippen LogP contribution < -0.4 is 10.6 Å². The van der Waals surface area contributed by atoms with Crippen LogP contribution in [0.1, 0.15) is 17.3 Å². The van der Waals surface area contributed by atoms with Gasteiger partial charge in [-0.15, -0.1) is 0 Å². The second-order valence-electron chi connectivity index (χ2n) is 3.77. The molecule has 0 atom stereocenters. The highest BCUT2D eigenvalue weighted by atomic mass is 16.1. The minimum absolute atomic E-state index is 0.162. The average molecular weight is 241 g/mol. The lowest BCUT2D eigenvalue weighted by molar-refractivity contribution is 0.102. The minimum Gasteiger partial charge on any atom is -0.385 e. The zero-order valence-corrected chi connectivity index (χ0v) is 10.2. The lowest BCUT2D eigenvalue weighted by Gasteiger charge is -2.10. The largest absolute Gasteiger partial charge is 0.385 e. The summed E-state index contributed by atoms with van der Waals surface area (Å²) in [6.07, 6.45) is 3.23. The quantitative estimate of drug-likeness (QED) is 0.865. The molecule has 0 fully saturated rings. The van der Waals surface area contributed by atoms with Gasteiger partial charge in [0.05, 0.1) is 11.3 Å². The molecular weight excluding hydrogens is 226 g/mol. The van der Waals surface area contributed by atoms with E-state index in [0.29, 0.717) is 5.56 Å². The molecule has 2 N–H and O–H groups in total. The molecule has 0 spiro atoms. The number of benzene rings is 1. The summed E-state index contributed by atoms with van der Waals surface area (Å²) in [5.41, 5.74) is 2.11. The summed E-state index contributed by atoms with van der Waals surface area (Å²) >= 11 is 0. The monoisotopic (exact) mass is 241 g/mol. The van der Waals surface area contributed by atoms with Gasteiger partial charge in [-0.3, -0.25) is 9.78 Å². The van der Waals surface area contributed by atoms with Crippen LogP contribution in [0.25, 0.3) is 0 Å². The first-order chi connectivity index (χ1) is 8.81. The lowest BCUT2D eigenvalue weighted by atomic mass is 10.2. The van der Waals surface area contributed by atoms with Crippen LogP contribution in [0.15, 0.2) is 48.8 Å². The maximum absolute atomic E-state index is 12.1. The summed E-state index contributed by atoms with van der Waals surface area (Å²) in [6.45, 7) is 2.74. The lowest BCUT2D eigenvalue weighted by Crippen LogP contribution is -2.15. The molecule has 1 aromatic carbocycles. The third-order valence-corrected chi connectivity index (χ3v) is 2.46. The molecule has 1 aromatic heterocycles. The number of carbonyl (C=O) groups excluding carboxylic acids is 1. The van der Waals surface area contributed by atoms with Crippen molar-refractivity contribution in [3.63, 3.8) is 0 Å². The Morgan fingerprint density at radius 3 is 2.72 bits per heavy atom. The van der Waals surface area contributed by atoms with Gasteiger partial charge in [0.1, 0.15) is 0 Å². The van der Waals surface area contributed by atoms with Gasteiger partial charge in [0.2, 0.25) is 0 Å². The summed E-state index contributed by atoms with van der Waals surface area (Å²) < 4.78 is 0. The average Bonchev–Trinajstić information content (AvgIpc) is 2.41. The summed E-state index contributed by atoms with van der Waals surface area (Å²) in [6, 6.07) is 11.2. The maximum Gasteiger partial charge on any atom is 0.259 e. The van der Waals surface area contributed by atoms with E-state index in [-0.39, 0.29) is 5.91 Å². The number of hydrogen-bond donors (Lipinski definition) is 2. The number of nitrogens with zero attached hydrogens (tertiary/aromatic N) is 1. The molecule has 1 amide bonds. The zero-order chi connectivity index (χ0) is 12.8. The number of amides is 1. The van der Waals surface area contributed by atoms with Crippen molar-refractivity contribution in [2.75, 3.05) is 17.2 Å². The van der Waals surface area contributed by atoms with Gasteiger partial charge in [0.15, 0.2) is 0 Å². The molecule has 0 aliphatic heterocycles. The van der Waals surface area contributed by atoms with Gasteiger partial charge in [0, 0.05) is 24.6 Å². The predicted octanol–water partition coefficient (Wildman–Crippen LogP) is 2.77. The highest BCUT2D eigenvalue weighted by molar-refractivity contribution is 6.07. The molecule has 4 heteroatoms. The first-order valence-corrected chi connectivity index (χ1v) is 5.85. The molecule has 0 bridgehead atoms. The van der Waals surface area contributed by atoms with E-state index in [4.69, 9.17) is 0 Å². The van der Waals surface area contributed by atoms with Crippen molar-refractivity contribution < 1.29 is 4.79 Å². The Morgan fingerprint density at radius 1 is 1.22 bits per heavy atom. The fourth-order valence-corrected chi connectivity index (χ4v) is 1.64. The Kier molecular flexibility index (Phi) is 3.91. The number of rotatable bonds is 4. The predicted molar refractivity (Wildman–Crippen MR) is 72.8 cm³/mol. The van der Waals surface area contributed by atoms with E-state index in [1.54, 1.807) is 18.5 Å².